The monoisotopic (exact) mass is 499 g/mol. The van der Waals surface area contributed by atoms with E-state index in [0.29, 0.717) is 18.2 Å². The van der Waals surface area contributed by atoms with Crippen molar-refractivity contribution >= 4 is 34.8 Å². The predicted molar refractivity (Wildman–Crippen MR) is 126 cm³/mol. The second-order valence-electron chi connectivity index (χ2n) is 8.35. The number of halogens is 4. The Morgan fingerprint density at radius 3 is 2.42 bits per heavy atom. The van der Waals surface area contributed by atoms with E-state index in [1.54, 1.807) is 12.1 Å². The van der Waals surface area contributed by atoms with Crippen LogP contribution in [0.25, 0.3) is 0 Å². The number of hydrogen-bond donors (Lipinski definition) is 3. The maximum atomic E-state index is 13.7. The van der Waals surface area contributed by atoms with Crippen molar-refractivity contribution in [3.05, 3.63) is 89.2 Å². The highest BCUT2D eigenvalue weighted by atomic mass is 19.4. The molecule has 1 heterocycles. The van der Waals surface area contributed by atoms with Crippen molar-refractivity contribution < 1.29 is 31.9 Å². The number of hydrogen-bond acceptors (Lipinski definition) is 3. The highest BCUT2D eigenvalue weighted by Gasteiger charge is 2.34. The van der Waals surface area contributed by atoms with E-state index in [0.717, 1.165) is 23.8 Å². The molecule has 1 unspecified atom stereocenters. The molecule has 3 aromatic carbocycles. The molecule has 0 spiro atoms. The number of carbonyl (C=O) groups excluding carboxylic acids is 3. The number of carbonyl (C=O) groups is 3. The smallest absolute Gasteiger partial charge is 0.326 e. The van der Waals surface area contributed by atoms with Gasteiger partial charge in [-0.15, -0.1) is 0 Å². The molecule has 3 amide bonds. The van der Waals surface area contributed by atoms with Crippen molar-refractivity contribution in [2.75, 3.05) is 16.0 Å². The summed E-state index contributed by atoms with van der Waals surface area (Å²) in [6, 6.07) is 14.8. The molecule has 4 rings (SSSR count). The molecule has 6 nitrogen and oxygen atoms in total. The largest absolute Gasteiger partial charge is 0.418 e. The average Bonchev–Trinajstić information content (AvgIpc) is 2.83. The minimum absolute atomic E-state index is 0.0664. The number of anilines is 3. The number of amides is 3. The van der Waals surface area contributed by atoms with Crippen LogP contribution in [0.4, 0.5) is 34.6 Å². The van der Waals surface area contributed by atoms with Crippen molar-refractivity contribution in [1.82, 2.24) is 0 Å². The van der Waals surface area contributed by atoms with E-state index in [2.05, 4.69) is 16.0 Å². The van der Waals surface area contributed by atoms with Crippen molar-refractivity contribution in [2.45, 2.75) is 25.4 Å². The van der Waals surface area contributed by atoms with Crippen LogP contribution in [-0.2, 0) is 22.2 Å². The molecular weight excluding hydrogens is 478 g/mol. The Kier molecular flexibility index (Phi) is 7.05. The minimum Gasteiger partial charge on any atom is -0.326 e. The third-order valence-corrected chi connectivity index (χ3v) is 5.80. The lowest BCUT2D eigenvalue weighted by Gasteiger charge is -2.24. The van der Waals surface area contributed by atoms with Gasteiger partial charge >= 0.3 is 6.18 Å². The van der Waals surface area contributed by atoms with Crippen LogP contribution in [-0.4, -0.2) is 17.7 Å². The Morgan fingerprint density at radius 2 is 1.69 bits per heavy atom. The standard InChI is InChI=1S/C26H21F4N3O3/c27-18-8-5-15(6-9-18)24(35)31-19-10-11-22(20(14-19)26(28,29)30)32-23(34)12-7-17-13-16-3-1-2-4-21(16)33-25(17)36/h1-6,8-11,14,17H,7,12-13H2,(H,31,35)(H,32,34)(H,33,36). The van der Waals surface area contributed by atoms with Gasteiger partial charge in [-0.2, -0.15) is 13.2 Å². The predicted octanol–water partition coefficient (Wildman–Crippen LogP) is 5.63. The Morgan fingerprint density at radius 1 is 0.972 bits per heavy atom. The number of alkyl halides is 3. The summed E-state index contributed by atoms with van der Waals surface area (Å²) >= 11 is 0. The molecule has 0 saturated carbocycles. The average molecular weight is 499 g/mol. The summed E-state index contributed by atoms with van der Waals surface area (Å²) < 4.78 is 54.1. The number of fused-ring (bicyclic) bond motifs is 1. The lowest BCUT2D eigenvalue weighted by atomic mass is 9.89. The fourth-order valence-electron chi connectivity index (χ4n) is 3.93. The Balaban J connectivity index is 1.42. The van der Waals surface area contributed by atoms with E-state index in [1.807, 2.05) is 12.1 Å². The van der Waals surface area contributed by atoms with E-state index in [9.17, 15) is 31.9 Å². The molecule has 0 bridgehead atoms. The first-order valence-electron chi connectivity index (χ1n) is 11.1. The SMILES string of the molecule is O=C(CCC1Cc2ccccc2NC1=O)Nc1ccc(NC(=O)c2ccc(F)cc2)cc1C(F)(F)F. The number of nitrogens with one attached hydrogen (secondary N) is 3. The van der Waals surface area contributed by atoms with Gasteiger partial charge in [0.05, 0.1) is 11.3 Å². The number of benzene rings is 3. The zero-order valence-corrected chi connectivity index (χ0v) is 18.8. The fraction of sp³-hybridized carbons (Fsp3) is 0.192. The second-order valence-corrected chi connectivity index (χ2v) is 8.35. The van der Waals surface area contributed by atoms with Crippen LogP contribution in [0, 0.1) is 11.7 Å². The Labute approximate surface area is 203 Å². The van der Waals surface area contributed by atoms with E-state index >= 15 is 0 Å². The topological polar surface area (TPSA) is 87.3 Å². The van der Waals surface area contributed by atoms with Crippen LogP contribution < -0.4 is 16.0 Å². The molecule has 1 atom stereocenters. The zero-order valence-electron chi connectivity index (χ0n) is 18.8. The summed E-state index contributed by atoms with van der Waals surface area (Å²) in [6.07, 6.45) is -4.36. The quantitative estimate of drug-likeness (QED) is 0.385. The zero-order chi connectivity index (χ0) is 25.9. The maximum Gasteiger partial charge on any atom is 0.418 e. The molecule has 3 N–H and O–H groups in total. The number of para-hydroxylation sites is 1. The Hall–Kier alpha value is -4.21. The molecule has 3 aromatic rings. The molecule has 0 radical (unpaired) electrons. The summed E-state index contributed by atoms with van der Waals surface area (Å²) in [6.45, 7) is 0. The van der Waals surface area contributed by atoms with Gasteiger partial charge in [0, 0.05) is 29.3 Å². The third-order valence-electron chi connectivity index (χ3n) is 5.80. The van der Waals surface area contributed by atoms with Gasteiger partial charge in [-0.1, -0.05) is 18.2 Å². The molecular formula is C26H21F4N3O3. The molecule has 10 heteroatoms. The molecule has 1 aliphatic heterocycles. The summed E-state index contributed by atoms with van der Waals surface area (Å²) in [5.74, 6) is -2.65. The molecule has 0 aromatic heterocycles. The summed E-state index contributed by atoms with van der Waals surface area (Å²) in [4.78, 5) is 37.0. The van der Waals surface area contributed by atoms with Gasteiger partial charge in [-0.05, 0) is 66.9 Å². The van der Waals surface area contributed by atoms with Crippen molar-refractivity contribution in [3.8, 4) is 0 Å². The van der Waals surface area contributed by atoms with Gasteiger partial charge in [0.25, 0.3) is 5.91 Å². The fourth-order valence-corrected chi connectivity index (χ4v) is 3.93. The van der Waals surface area contributed by atoms with Gasteiger partial charge in [0.2, 0.25) is 11.8 Å². The van der Waals surface area contributed by atoms with Gasteiger partial charge in [0.15, 0.2) is 0 Å². The highest BCUT2D eigenvalue weighted by molar-refractivity contribution is 6.04. The van der Waals surface area contributed by atoms with E-state index in [-0.39, 0.29) is 30.0 Å². The third kappa shape index (κ3) is 5.88. The molecule has 36 heavy (non-hydrogen) atoms. The number of rotatable bonds is 6. The second kappa shape index (κ2) is 10.2. The van der Waals surface area contributed by atoms with Crippen LogP contribution in [0.1, 0.15) is 34.3 Å². The lowest BCUT2D eigenvalue weighted by Crippen LogP contribution is -2.30. The first-order valence-corrected chi connectivity index (χ1v) is 11.1. The van der Waals surface area contributed by atoms with E-state index in [1.165, 1.54) is 18.2 Å². The molecule has 186 valence electrons. The normalized spacial score (nSPS) is 15.0. The van der Waals surface area contributed by atoms with Crippen LogP contribution in [0.15, 0.2) is 66.7 Å². The first-order chi connectivity index (χ1) is 17.1. The van der Waals surface area contributed by atoms with Gasteiger partial charge in [-0.3, -0.25) is 14.4 Å². The molecule has 0 aliphatic carbocycles. The van der Waals surface area contributed by atoms with Crippen molar-refractivity contribution in [3.63, 3.8) is 0 Å². The van der Waals surface area contributed by atoms with Gasteiger partial charge < -0.3 is 16.0 Å². The minimum atomic E-state index is -4.81. The lowest BCUT2D eigenvalue weighted by molar-refractivity contribution is -0.137. The molecule has 1 aliphatic rings. The van der Waals surface area contributed by atoms with Crippen molar-refractivity contribution in [1.29, 1.82) is 0 Å². The van der Waals surface area contributed by atoms with Crippen LogP contribution in [0.3, 0.4) is 0 Å². The molecule has 0 fully saturated rings. The van der Waals surface area contributed by atoms with Crippen LogP contribution >= 0.6 is 0 Å². The highest BCUT2D eigenvalue weighted by Crippen LogP contribution is 2.37. The Bertz CT molecular complexity index is 1310. The summed E-state index contributed by atoms with van der Waals surface area (Å²) in [5, 5.41) is 7.37. The van der Waals surface area contributed by atoms with Crippen LogP contribution in [0.5, 0.6) is 0 Å². The van der Waals surface area contributed by atoms with Crippen molar-refractivity contribution in [2.24, 2.45) is 5.92 Å². The molecule has 0 saturated heterocycles. The summed E-state index contributed by atoms with van der Waals surface area (Å²) in [5.41, 5.74) is -0.0449. The van der Waals surface area contributed by atoms with Gasteiger partial charge in [0.1, 0.15) is 5.82 Å². The van der Waals surface area contributed by atoms with E-state index in [4.69, 9.17) is 0 Å². The van der Waals surface area contributed by atoms with Gasteiger partial charge in [-0.25, -0.2) is 4.39 Å². The maximum absolute atomic E-state index is 13.7. The van der Waals surface area contributed by atoms with Crippen LogP contribution in [0.2, 0.25) is 0 Å². The first kappa shape index (κ1) is 24.9. The van der Waals surface area contributed by atoms with E-state index < -0.39 is 41.0 Å². The summed E-state index contributed by atoms with van der Waals surface area (Å²) in [7, 11) is 0.